The van der Waals surface area contributed by atoms with Gasteiger partial charge in [-0.1, -0.05) is 29.8 Å². The first-order chi connectivity index (χ1) is 11.5. The van der Waals surface area contributed by atoms with Gasteiger partial charge in [0, 0.05) is 29.4 Å². The van der Waals surface area contributed by atoms with Crippen molar-refractivity contribution in [1.82, 2.24) is 20.0 Å². The van der Waals surface area contributed by atoms with Crippen LogP contribution in [0.15, 0.2) is 30.3 Å². The maximum absolute atomic E-state index is 12.8. The predicted molar refractivity (Wildman–Crippen MR) is 90.6 cm³/mol. The van der Waals surface area contributed by atoms with Crippen LogP contribution < -0.4 is 5.32 Å². The predicted octanol–water partition coefficient (Wildman–Crippen LogP) is 1.85. The Kier molecular flexibility index (Phi) is 4.57. The smallest absolute Gasteiger partial charge is 0.247 e. The van der Waals surface area contributed by atoms with Crippen LogP contribution in [0.2, 0.25) is 5.02 Å². The third-order valence-corrected chi connectivity index (χ3v) is 4.46. The molecule has 2 heterocycles. The summed E-state index contributed by atoms with van der Waals surface area (Å²) >= 11 is 6.25. The Morgan fingerprint density at radius 2 is 2.12 bits per heavy atom. The summed E-state index contributed by atoms with van der Waals surface area (Å²) in [4.78, 5) is 26.8. The Balaban J connectivity index is 1.89. The fourth-order valence-electron chi connectivity index (χ4n) is 3.00. The highest BCUT2D eigenvalue weighted by atomic mass is 35.5. The fourth-order valence-corrected chi connectivity index (χ4v) is 3.23. The Morgan fingerprint density at radius 3 is 2.79 bits per heavy atom. The maximum atomic E-state index is 12.8. The van der Waals surface area contributed by atoms with Crippen molar-refractivity contribution in [1.29, 1.82) is 0 Å². The lowest BCUT2D eigenvalue weighted by molar-refractivity contribution is -0.144. The van der Waals surface area contributed by atoms with E-state index in [1.54, 1.807) is 27.8 Å². The zero-order chi connectivity index (χ0) is 17.3. The van der Waals surface area contributed by atoms with E-state index in [4.69, 9.17) is 11.6 Å². The van der Waals surface area contributed by atoms with E-state index >= 15 is 0 Å². The van der Waals surface area contributed by atoms with E-state index in [0.29, 0.717) is 23.7 Å². The first-order valence-corrected chi connectivity index (χ1v) is 8.18. The second-order valence-electron chi connectivity index (χ2n) is 5.89. The average molecular weight is 347 g/mol. The first-order valence-electron chi connectivity index (χ1n) is 7.80. The van der Waals surface area contributed by atoms with Crippen molar-refractivity contribution in [3.05, 3.63) is 52.3 Å². The van der Waals surface area contributed by atoms with Crippen molar-refractivity contribution in [2.75, 3.05) is 13.1 Å². The topological polar surface area (TPSA) is 67.2 Å². The van der Waals surface area contributed by atoms with Crippen LogP contribution in [-0.4, -0.2) is 39.6 Å². The number of carbonyl (C=O) groups is 2. The highest BCUT2D eigenvalue weighted by Crippen LogP contribution is 2.29. The van der Waals surface area contributed by atoms with Crippen LogP contribution in [0.1, 0.15) is 23.0 Å². The first kappa shape index (κ1) is 16.5. The van der Waals surface area contributed by atoms with Crippen LogP contribution in [0.25, 0.3) is 0 Å². The van der Waals surface area contributed by atoms with Gasteiger partial charge in [-0.05, 0) is 26.0 Å². The quantitative estimate of drug-likeness (QED) is 0.922. The van der Waals surface area contributed by atoms with Crippen LogP contribution >= 0.6 is 11.6 Å². The molecule has 0 unspecified atom stereocenters. The van der Waals surface area contributed by atoms with Gasteiger partial charge in [0.2, 0.25) is 11.8 Å². The number of amides is 2. The molecule has 1 N–H and O–H groups in total. The summed E-state index contributed by atoms with van der Waals surface area (Å²) < 4.78 is 1.66. The molecule has 0 bridgehead atoms. The van der Waals surface area contributed by atoms with E-state index < -0.39 is 6.04 Å². The summed E-state index contributed by atoms with van der Waals surface area (Å²) in [6, 6.07) is 8.32. The average Bonchev–Trinajstić information content (AvgIpc) is 2.85. The number of rotatable bonds is 3. The van der Waals surface area contributed by atoms with Crippen molar-refractivity contribution < 1.29 is 9.59 Å². The van der Waals surface area contributed by atoms with Crippen LogP contribution in [0, 0.1) is 13.8 Å². The molecule has 1 aromatic heterocycles. The number of piperazine rings is 1. The molecule has 2 aromatic rings. The van der Waals surface area contributed by atoms with Crippen LogP contribution in [0.3, 0.4) is 0 Å². The van der Waals surface area contributed by atoms with Crippen LogP contribution in [-0.2, 0) is 16.1 Å². The van der Waals surface area contributed by atoms with Crippen molar-refractivity contribution in [2.45, 2.75) is 26.4 Å². The highest BCUT2D eigenvalue weighted by molar-refractivity contribution is 6.31. The van der Waals surface area contributed by atoms with Gasteiger partial charge < -0.3 is 10.2 Å². The molecule has 1 atom stereocenters. The van der Waals surface area contributed by atoms with Crippen molar-refractivity contribution in [3.8, 4) is 0 Å². The molecule has 6 nitrogen and oxygen atoms in total. The van der Waals surface area contributed by atoms with Crippen LogP contribution in [0.4, 0.5) is 0 Å². The molecule has 7 heteroatoms. The van der Waals surface area contributed by atoms with Crippen LogP contribution in [0.5, 0.6) is 0 Å². The summed E-state index contributed by atoms with van der Waals surface area (Å²) in [5.74, 6) is -0.364. The number of nitrogens with zero attached hydrogens (tertiary/aromatic N) is 3. The Bertz CT molecular complexity index is 787. The third-order valence-electron chi connectivity index (χ3n) is 4.12. The van der Waals surface area contributed by atoms with Gasteiger partial charge in [-0.25, -0.2) is 0 Å². The molecule has 126 valence electrons. The highest BCUT2D eigenvalue weighted by Gasteiger charge is 2.35. The molecule has 2 amide bonds. The minimum atomic E-state index is -0.711. The molecule has 1 aliphatic heterocycles. The molecule has 3 rings (SSSR count). The summed E-state index contributed by atoms with van der Waals surface area (Å²) in [6.45, 7) is 4.77. The van der Waals surface area contributed by atoms with Crippen molar-refractivity contribution >= 4 is 23.4 Å². The van der Waals surface area contributed by atoms with Gasteiger partial charge in [-0.15, -0.1) is 0 Å². The Morgan fingerprint density at radius 1 is 1.38 bits per heavy atom. The summed E-state index contributed by atoms with van der Waals surface area (Å²) in [5, 5.41) is 7.61. The van der Waals surface area contributed by atoms with E-state index in [1.807, 2.05) is 26.0 Å². The molecule has 1 saturated heterocycles. The molecule has 1 fully saturated rings. The largest absolute Gasteiger partial charge is 0.352 e. The summed E-state index contributed by atoms with van der Waals surface area (Å²) in [6.07, 6.45) is 0. The summed E-state index contributed by atoms with van der Waals surface area (Å²) in [7, 11) is 0. The second-order valence-corrected chi connectivity index (χ2v) is 6.29. The van der Waals surface area contributed by atoms with Gasteiger partial charge in [0.25, 0.3) is 0 Å². The molecule has 0 radical (unpaired) electrons. The number of aryl methyl sites for hydroxylation is 2. The van der Waals surface area contributed by atoms with E-state index in [2.05, 4.69) is 10.4 Å². The van der Waals surface area contributed by atoms with Gasteiger partial charge >= 0.3 is 0 Å². The fraction of sp³-hybridized carbons (Fsp3) is 0.353. The van der Waals surface area contributed by atoms with Crippen molar-refractivity contribution in [3.63, 3.8) is 0 Å². The lowest BCUT2D eigenvalue weighted by Gasteiger charge is -2.35. The molecule has 1 aliphatic rings. The number of carbonyl (C=O) groups excluding carboxylic acids is 2. The number of aromatic nitrogens is 2. The van der Waals surface area contributed by atoms with E-state index in [1.165, 1.54) is 0 Å². The lowest BCUT2D eigenvalue weighted by Crippen LogP contribution is -2.53. The van der Waals surface area contributed by atoms with Gasteiger partial charge in [-0.3, -0.25) is 14.3 Å². The van der Waals surface area contributed by atoms with E-state index in [-0.39, 0.29) is 18.4 Å². The molecule has 0 spiro atoms. The Hall–Kier alpha value is -2.34. The zero-order valence-corrected chi connectivity index (χ0v) is 14.4. The molecular weight excluding hydrogens is 328 g/mol. The minimum absolute atomic E-state index is 0.105. The normalized spacial score (nSPS) is 17.7. The molecule has 1 aromatic carbocycles. The Labute approximate surface area is 145 Å². The molecule has 0 saturated carbocycles. The minimum Gasteiger partial charge on any atom is -0.352 e. The molecular formula is C17H19ClN4O2. The number of halogens is 1. The van der Waals surface area contributed by atoms with Crippen molar-refractivity contribution in [2.24, 2.45) is 0 Å². The van der Waals surface area contributed by atoms with Gasteiger partial charge in [0.1, 0.15) is 12.6 Å². The number of hydrogen-bond acceptors (Lipinski definition) is 3. The monoisotopic (exact) mass is 346 g/mol. The maximum Gasteiger partial charge on any atom is 0.247 e. The third kappa shape index (κ3) is 3.14. The molecule has 24 heavy (non-hydrogen) atoms. The lowest BCUT2D eigenvalue weighted by atomic mass is 10.0. The second kappa shape index (κ2) is 6.65. The SMILES string of the molecule is Cc1cc(C)n(CC(=O)N2CCNC(=O)[C@H]2c2ccccc2Cl)n1. The van der Waals surface area contributed by atoms with E-state index in [0.717, 1.165) is 11.4 Å². The molecule has 0 aliphatic carbocycles. The number of hydrogen-bond donors (Lipinski definition) is 1. The zero-order valence-electron chi connectivity index (χ0n) is 13.6. The van der Waals surface area contributed by atoms with E-state index in [9.17, 15) is 9.59 Å². The summed E-state index contributed by atoms with van der Waals surface area (Å²) in [5.41, 5.74) is 2.41. The number of benzene rings is 1. The van der Waals surface area contributed by atoms with Gasteiger partial charge in [0.15, 0.2) is 0 Å². The number of nitrogens with one attached hydrogen (secondary N) is 1. The van der Waals surface area contributed by atoms with Gasteiger partial charge in [-0.2, -0.15) is 5.10 Å². The standard InChI is InChI=1S/C17H19ClN4O2/c1-11-9-12(2)22(20-11)10-15(23)21-8-7-19-17(24)16(21)13-5-3-4-6-14(13)18/h3-6,9,16H,7-8,10H2,1-2H3,(H,19,24)/t16-/m1/s1. The van der Waals surface area contributed by atoms with Gasteiger partial charge in [0.05, 0.1) is 5.69 Å².